The Bertz CT molecular complexity index is 413. The van der Waals surface area contributed by atoms with E-state index in [1.54, 1.807) is 18.4 Å². The number of carbonyl (C=O) groups excluding carboxylic acids is 1. The molecule has 0 aromatic carbocycles. The summed E-state index contributed by atoms with van der Waals surface area (Å²) < 4.78 is 5.08. The van der Waals surface area contributed by atoms with Crippen LogP contribution < -0.4 is 0 Å². The number of nitrogens with zero attached hydrogens (tertiary/aromatic N) is 1. The maximum atomic E-state index is 12.5. The van der Waals surface area contributed by atoms with E-state index in [2.05, 4.69) is 22.0 Å². The average Bonchev–Trinajstić information content (AvgIpc) is 2.86. The molecule has 0 saturated carbocycles. The topological polar surface area (TPSA) is 29.5 Å². The van der Waals surface area contributed by atoms with Crippen molar-refractivity contribution in [3.8, 4) is 0 Å². The molecule has 1 aliphatic heterocycles. The van der Waals surface area contributed by atoms with Crippen LogP contribution in [0.1, 0.15) is 20.1 Å². The summed E-state index contributed by atoms with van der Waals surface area (Å²) in [5, 5.41) is 0.795. The molecule has 6 heteroatoms. The van der Waals surface area contributed by atoms with Crippen LogP contribution in [0.2, 0.25) is 0 Å². The SMILES string of the molecule is COCCN(CCBr)C(=O)c1cc2c(s1)CCSC2. The Morgan fingerprint density at radius 2 is 2.37 bits per heavy atom. The number of fused-ring (bicyclic) bond motifs is 1. The fraction of sp³-hybridized carbons (Fsp3) is 0.615. The summed E-state index contributed by atoms with van der Waals surface area (Å²) in [6.07, 6.45) is 1.11. The zero-order valence-corrected chi connectivity index (χ0v) is 14.2. The van der Waals surface area contributed by atoms with Gasteiger partial charge >= 0.3 is 0 Å². The summed E-state index contributed by atoms with van der Waals surface area (Å²) in [5.74, 6) is 2.37. The smallest absolute Gasteiger partial charge is 0.264 e. The van der Waals surface area contributed by atoms with Gasteiger partial charge in [0.15, 0.2) is 0 Å². The van der Waals surface area contributed by atoms with Gasteiger partial charge in [-0.25, -0.2) is 0 Å². The maximum absolute atomic E-state index is 12.5. The van der Waals surface area contributed by atoms with Gasteiger partial charge in [0, 0.05) is 36.2 Å². The lowest BCUT2D eigenvalue weighted by molar-refractivity contribution is 0.0713. The van der Waals surface area contributed by atoms with Crippen molar-refractivity contribution < 1.29 is 9.53 Å². The number of thiophene rings is 1. The van der Waals surface area contributed by atoms with Crippen LogP contribution in [-0.2, 0) is 16.9 Å². The first-order valence-electron chi connectivity index (χ1n) is 6.29. The summed E-state index contributed by atoms with van der Waals surface area (Å²) in [4.78, 5) is 16.7. The number of thioether (sulfide) groups is 1. The van der Waals surface area contributed by atoms with Crippen molar-refractivity contribution in [2.45, 2.75) is 12.2 Å². The molecule has 1 amide bonds. The fourth-order valence-corrected chi connectivity index (χ4v) is 4.80. The van der Waals surface area contributed by atoms with E-state index in [1.807, 2.05) is 16.7 Å². The number of aryl methyl sites for hydroxylation is 1. The lowest BCUT2D eigenvalue weighted by Gasteiger charge is -2.20. The molecule has 19 heavy (non-hydrogen) atoms. The number of rotatable bonds is 6. The molecule has 0 atom stereocenters. The third-order valence-electron chi connectivity index (χ3n) is 3.05. The van der Waals surface area contributed by atoms with Crippen LogP contribution >= 0.6 is 39.0 Å². The minimum absolute atomic E-state index is 0.140. The van der Waals surface area contributed by atoms with Crippen molar-refractivity contribution in [2.75, 3.05) is 37.9 Å². The van der Waals surface area contributed by atoms with Crippen LogP contribution in [0, 0.1) is 0 Å². The van der Waals surface area contributed by atoms with Gasteiger partial charge in [-0.15, -0.1) is 11.3 Å². The first kappa shape index (κ1) is 15.4. The lowest BCUT2D eigenvalue weighted by atomic mass is 10.2. The molecule has 106 valence electrons. The highest BCUT2D eigenvalue weighted by Crippen LogP contribution is 2.32. The number of hydrogen-bond donors (Lipinski definition) is 0. The highest BCUT2D eigenvalue weighted by molar-refractivity contribution is 9.09. The second-order valence-corrected chi connectivity index (χ2v) is 7.37. The molecule has 0 saturated heterocycles. The fourth-order valence-electron chi connectivity index (χ4n) is 2.03. The number of amides is 1. The normalized spacial score (nSPS) is 14.2. The molecule has 1 aliphatic rings. The van der Waals surface area contributed by atoms with Crippen LogP contribution in [0.15, 0.2) is 6.07 Å². The van der Waals surface area contributed by atoms with E-state index >= 15 is 0 Å². The first-order valence-corrected chi connectivity index (χ1v) is 9.39. The van der Waals surface area contributed by atoms with Gasteiger partial charge in [-0.05, 0) is 23.8 Å². The summed E-state index contributed by atoms with van der Waals surface area (Å²) in [7, 11) is 1.66. The quantitative estimate of drug-likeness (QED) is 0.727. The van der Waals surface area contributed by atoms with E-state index in [0.29, 0.717) is 13.2 Å². The lowest BCUT2D eigenvalue weighted by Crippen LogP contribution is -2.35. The molecule has 0 unspecified atom stereocenters. The van der Waals surface area contributed by atoms with Crippen molar-refractivity contribution in [1.82, 2.24) is 4.90 Å². The van der Waals surface area contributed by atoms with E-state index < -0.39 is 0 Å². The van der Waals surface area contributed by atoms with Gasteiger partial charge in [-0.2, -0.15) is 11.8 Å². The third kappa shape index (κ3) is 3.97. The van der Waals surface area contributed by atoms with Crippen molar-refractivity contribution in [3.05, 3.63) is 21.4 Å². The van der Waals surface area contributed by atoms with E-state index in [4.69, 9.17) is 4.74 Å². The van der Waals surface area contributed by atoms with Crippen LogP contribution in [0.25, 0.3) is 0 Å². The molecule has 0 spiro atoms. The van der Waals surface area contributed by atoms with Gasteiger partial charge < -0.3 is 9.64 Å². The van der Waals surface area contributed by atoms with Crippen molar-refractivity contribution in [3.63, 3.8) is 0 Å². The van der Waals surface area contributed by atoms with E-state index in [9.17, 15) is 4.79 Å². The summed E-state index contributed by atoms with van der Waals surface area (Å²) in [6, 6.07) is 2.09. The number of alkyl halides is 1. The molecule has 1 aromatic heterocycles. The second-order valence-electron chi connectivity index (χ2n) is 4.34. The van der Waals surface area contributed by atoms with Crippen LogP contribution in [-0.4, -0.2) is 48.7 Å². The van der Waals surface area contributed by atoms with Gasteiger partial charge in [0.2, 0.25) is 0 Å². The Kier molecular flexibility index (Phi) is 6.19. The summed E-state index contributed by atoms with van der Waals surface area (Å²) >= 11 is 7.03. The molecule has 1 aromatic rings. The number of carbonyl (C=O) groups is 1. The summed E-state index contributed by atoms with van der Waals surface area (Å²) in [6.45, 7) is 1.96. The van der Waals surface area contributed by atoms with Crippen molar-refractivity contribution in [1.29, 1.82) is 0 Å². The standard InChI is InChI=1S/C13H18BrNO2S2/c1-17-6-5-15(4-3-14)13(16)12-8-10-9-18-7-2-11(10)19-12/h8H,2-7,9H2,1H3. The zero-order chi connectivity index (χ0) is 13.7. The Labute approximate surface area is 130 Å². The number of methoxy groups -OCH3 is 1. The minimum Gasteiger partial charge on any atom is -0.383 e. The van der Waals surface area contributed by atoms with Gasteiger partial charge in [0.25, 0.3) is 5.91 Å². The van der Waals surface area contributed by atoms with Crippen molar-refractivity contribution in [2.24, 2.45) is 0 Å². The predicted molar refractivity (Wildman–Crippen MR) is 85.8 cm³/mol. The Morgan fingerprint density at radius 3 is 3.05 bits per heavy atom. The largest absolute Gasteiger partial charge is 0.383 e. The molecule has 0 radical (unpaired) electrons. The Morgan fingerprint density at radius 1 is 1.53 bits per heavy atom. The van der Waals surface area contributed by atoms with Gasteiger partial charge in [0.1, 0.15) is 0 Å². The van der Waals surface area contributed by atoms with Gasteiger partial charge in [-0.1, -0.05) is 15.9 Å². The molecule has 0 bridgehead atoms. The first-order chi connectivity index (χ1) is 9.26. The molecule has 3 nitrogen and oxygen atoms in total. The Balaban J connectivity index is 2.09. The van der Waals surface area contributed by atoms with E-state index in [1.165, 1.54) is 16.2 Å². The highest BCUT2D eigenvalue weighted by Gasteiger charge is 2.21. The van der Waals surface area contributed by atoms with Crippen LogP contribution in [0.4, 0.5) is 0 Å². The van der Waals surface area contributed by atoms with E-state index in [-0.39, 0.29) is 5.91 Å². The summed E-state index contributed by atoms with van der Waals surface area (Å²) in [5.41, 5.74) is 1.36. The molecule has 0 N–H and O–H groups in total. The number of hydrogen-bond acceptors (Lipinski definition) is 4. The zero-order valence-electron chi connectivity index (χ0n) is 11.0. The van der Waals surface area contributed by atoms with Crippen molar-refractivity contribution >= 4 is 44.9 Å². The van der Waals surface area contributed by atoms with Crippen LogP contribution in [0.5, 0.6) is 0 Å². The van der Waals surface area contributed by atoms with E-state index in [0.717, 1.165) is 28.9 Å². The minimum atomic E-state index is 0.140. The molecular formula is C13H18BrNO2S2. The molecule has 2 rings (SSSR count). The number of ether oxygens (including phenoxy) is 1. The number of halogens is 1. The van der Waals surface area contributed by atoms with Crippen LogP contribution in [0.3, 0.4) is 0 Å². The molecule has 0 aliphatic carbocycles. The predicted octanol–water partition coefficient (Wildman–Crippen LogP) is 3.02. The highest BCUT2D eigenvalue weighted by atomic mass is 79.9. The molecular weight excluding hydrogens is 346 g/mol. The molecule has 0 fully saturated rings. The Hall–Kier alpha value is -0.0400. The third-order valence-corrected chi connectivity index (χ3v) is 5.63. The monoisotopic (exact) mass is 363 g/mol. The second kappa shape index (κ2) is 7.67. The maximum Gasteiger partial charge on any atom is 0.264 e. The average molecular weight is 364 g/mol. The molecule has 2 heterocycles. The van der Waals surface area contributed by atoms with Gasteiger partial charge in [-0.3, -0.25) is 4.79 Å². The van der Waals surface area contributed by atoms with Gasteiger partial charge in [0.05, 0.1) is 11.5 Å².